The predicted molar refractivity (Wildman–Crippen MR) is 63.8 cm³/mol. The largest absolute Gasteiger partial charge is 0.398 e. The summed E-state index contributed by atoms with van der Waals surface area (Å²) >= 11 is 0. The first-order valence-electron chi connectivity index (χ1n) is 5.29. The lowest BCUT2D eigenvalue weighted by Crippen LogP contribution is -2.26. The maximum Gasteiger partial charge on any atom is 0.275 e. The van der Waals surface area contributed by atoms with Gasteiger partial charge in [0.2, 0.25) is 0 Å². The summed E-state index contributed by atoms with van der Waals surface area (Å²) in [5.41, 5.74) is 10.0. The average molecular weight is 222 g/mol. The first-order chi connectivity index (χ1) is 7.52. The van der Waals surface area contributed by atoms with Crippen molar-refractivity contribution < 1.29 is 9.63 Å². The van der Waals surface area contributed by atoms with E-state index in [0.717, 1.165) is 5.56 Å². The van der Waals surface area contributed by atoms with Crippen molar-refractivity contribution in [3.8, 4) is 0 Å². The highest BCUT2D eigenvalue weighted by atomic mass is 16.6. The summed E-state index contributed by atoms with van der Waals surface area (Å²) in [7, 11) is 0. The maximum absolute atomic E-state index is 11.7. The number of carbonyl (C=O) groups excluding carboxylic acids is 1. The van der Waals surface area contributed by atoms with E-state index in [9.17, 15) is 4.79 Å². The topological polar surface area (TPSA) is 64.4 Å². The molecule has 0 spiro atoms. The van der Waals surface area contributed by atoms with Crippen LogP contribution in [-0.4, -0.2) is 12.5 Å². The summed E-state index contributed by atoms with van der Waals surface area (Å²) in [5.74, 6) is 0.118. The third kappa shape index (κ3) is 3.24. The molecule has 0 aliphatic rings. The monoisotopic (exact) mass is 222 g/mol. The zero-order valence-corrected chi connectivity index (χ0v) is 9.91. The van der Waals surface area contributed by atoms with E-state index in [4.69, 9.17) is 10.6 Å². The lowest BCUT2D eigenvalue weighted by molar-refractivity contribution is 0.0208. The van der Waals surface area contributed by atoms with Crippen molar-refractivity contribution in [1.29, 1.82) is 0 Å². The molecule has 1 aromatic rings. The number of hydrogen-bond donors (Lipinski definition) is 2. The van der Waals surface area contributed by atoms with E-state index in [1.54, 1.807) is 18.2 Å². The number of nitrogens with one attached hydrogen (secondary N) is 1. The molecule has 1 rings (SSSR count). The van der Waals surface area contributed by atoms with Gasteiger partial charge >= 0.3 is 0 Å². The van der Waals surface area contributed by atoms with Crippen LogP contribution in [0, 0.1) is 12.8 Å². The van der Waals surface area contributed by atoms with Gasteiger partial charge in [-0.15, -0.1) is 0 Å². The molecule has 0 atom stereocenters. The van der Waals surface area contributed by atoms with Crippen molar-refractivity contribution in [1.82, 2.24) is 5.48 Å². The molecule has 1 aromatic carbocycles. The number of rotatable bonds is 4. The minimum Gasteiger partial charge on any atom is -0.398 e. The number of amides is 1. The number of anilines is 1. The number of carbonyl (C=O) groups is 1. The van der Waals surface area contributed by atoms with Gasteiger partial charge in [0.1, 0.15) is 0 Å². The molecule has 0 aliphatic heterocycles. The predicted octanol–water partition coefficient (Wildman–Crippen LogP) is 1.89. The van der Waals surface area contributed by atoms with E-state index in [-0.39, 0.29) is 5.91 Å². The number of benzene rings is 1. The van der Waals surface area contributed by atoms with Gasteiger partial charge in [0.05, 0.1) is 6.61 Å². The van der Waals surface area contributed by atoms with Crippen LogP contribution in [0.1, 0.15) is 29.8 Å². The molecule has 0 aromatic heterocycles. The Hall–Kier alpha value is -1.55. The number of hydroxylamine groups is 1. The number of nitrogen functional groups attached to an aromatic ring is 1. The Morgan fingerprint density at radius 3 is 2.81 bits per heavy atom. The average Bonchev–Trinajstić information content (AvgIpc) is 2.21. The number of hydrogen-bond acceptors (Lipinski definition) is 3. The molecule has 0 saturated carbocycles. The fourth-order valence-electron chi connectivity index (χ4n) is 1.23. The van der Waals surface area contributed by atoms with E-state index >= 15 is 0 Å². The normalized spacial score (nSPS) is 10.5. The summed E-state index contributed by atoms with van der Waals surface area (Å²) in [5, 5.41) is 0. The van der Waals surface area contributed by atoms with Crippen molar-refractivity contribution in [3.05, 3.63) is 29.3 Å². The molecule has 4 nitrogen and oxygen atoms in total. The third-order valence-electron chi connectivity index (χ3n) is 2.20. The molecule has 16 heavy (non-hydrogen) atoms. The van der Waals surface area contributed by atoms with E-state index in [0.29, 0.717) is 23.8 Å². The highest BCUT2D eigenvalue weighted by Gasteiger charge is 2.10. The van der Waals surface area contributed by atoms with Crippen LogP contribution in [-0.2, 0) is 4.84 Å². The molecule has 0 saturated heterocycles. The summed E-state index contributed by atoms with van der Waals surface area (Å²) in [6.07, 6.45) is 0. The molecule has 1 amide bonds. The van der Waals surface area contributed by atoms with Crippen molar-refractivity contribution in [3.63, 3.8) is 0 Å². The molecule has 88 valence electrons. The Balaban J connectivity index is 2.63. The van der Waals surface area contributed by atoms with Crippen LogP contribution in [0.5, 0.6) is 0 Å². The molecule has 0 heterocycles. The van der Waals surface area contributed by atoms with Crippen LogP contribution < -0.4 is 11.2 Å². The van der Waals surface area contributed by atoms with E-state index in [2.05, 4.69) is 5.48 Å². The van der Waals surface area contributed by atoms with E-state index in [1.807, 2.05) is 20.8 Å². The third-order valence-corrected chi connectivity index (χ3v) is 2.20. The molecule has 0 radical (unpaired) electrons. The zero-order valence-electron chi connectivity index (χ0n) is 9.91. The van der Waals surface area contributed by atoms with E-state index < -0.39 is 0 Å². The van der Waals surface area contributed by atoms with Gasteiger partial charge < -0.3 is 5.73 Å². The summed E-state index contributed by atoms with van der Waals surface area (Å²) in [4.78, 5) is 16.8. The van der Waals surface area contributed by atoms with Crippen molar-refractivity contribution >= 4 is 11.6 Å². The molecular weight excluding hydrogens is 204 g/mol. The van der Waals surface area contributed by atoms with Gasteiger partial charge in [0.15, 0.2) is 0 Å². The van der Waals surface area contributed by atoms with Crippen LogP contribution in [0.2, 0.25) is 0 Å². The minimum atomic E-state index is -0.259. The number of nitrogens with two attached hydrogens (primary N) is 1. The minimum absolute atomic E-state index is 0.259. The Kier molecular flexibility index (Phi) is 4.31. The smallest absolute Gasteiger partial charge is 0.275 e. The standard InChI is InChI=1S/C12H18N2O2/c1-8(2)7-16-14-12(15)10-5-4-6-11(13)9(10)3/h4-6,8H,7,13H2,1-3H3,(H,14,15). The van der Waals surface area contributed by atoms with Crippen molar-refractivity contribution in [2.75, 3.05) is 12.3 Å². The summed E-state index contributed by atoms with van der Waals surface area (Å²) in [6.45, 7) is 6.33. The highest BCUT2D eigenvalue weighted by molar-refractivity contribution is 5.96. The lowest BCUT2D eigenvalue weighted by atomic mass is 10.1. The van der Waals surface area contributed by atoms with Crippen LogP contribution >= 0.6 is 0 Å². The van der Waals surface area contributed by atoms with Gasteiger partial charge in [0.25, 0.3) is 5.91 Å². The molecule has 0 fully saturated rings. The quantitative estimate of drug-likeness (QED) is 0.604. The summed E-state index contributed by atoms with van der Waals surface area (Å²) in [6, 6.07) is 5.24. The lowest BCUT2D eigenvalue weighted by Gasteiger charge is -2.10. The van der Waals surface area contributed by atoms with Crippen LogP contribution in [0.15, 0.2) is 18.2 Å². The van der Waals surface area contributed by atoms with Gasteiger partial charge in [0, 0.05) is 11.3 Å². The van der Waals surface area contributed by atoms with Crippen molar-refractivity contribution in [2.24, 2.45) is 5.92 Å². The first-order valence-corrected chi connectivity index (χ1v) is 5.29. The molecule has 3 N–H and O–H groups in total. The Bertz CT molecular complexity index is 375. The maximum atomic E-state index is 11.7. The first kappa shape index (κ1) is 12.5. The SMILES string of the molecule is Cc1c(N)cccc1C(=O)NOCC(C)C. The van der Waals surface area contributed by atoms with Crippen LogP contribution in [0.4, 0.5) is 5.69 Å². The zero-order chi connectivity index (χ0) is 12.1. The molecule has 0 aliphatic carbocycles. The van der Waals surface area contributed by atoms with Gasteiger partial charge in [-0.25, -0.2) is 5.48 Å². The molecule has 0 bridgehead atoms. The fraction of sp³-hybridized carbons (Fsp3) is 0.417. The Morgan fingerprint density at radius 2 is 2.19 bits per heavy atom. The summed E-state index contributed by atoms with van der Waals surface area (Å²) < 4.78 is 0. The molecule has 4 heteroatoms. The second kappa shape index (κ2) is 5.51. The van der Waals surface area contributed by atoms with Crippen LogP contribution in [0.3, 0.4) is 0 Å². The van der Waals surface area contributed by atoms with Gasteiger partial charge in [-0.2, -0.15) is 0 Å². The Morgan fingerprint density at radius 1 is 1.50 bits per heavy atom. The van der Waals surface area contributed by atoms with Gasteiger partial charge in [-0.05, 0) is 30.5 Å². The molecule has 0 unspecified atom stereocenters. The second-order valence-corrected chi connectivity index (χ2v) is 4.16. The fourth-order valence-corrected chi connectivity index (χ4v) is 1.23. The second-order valence-electron chi connectivity index (χ2n) is 4.16. The Labute approximate surface area is 95.7 Å². The highest BCUT2D eigenvalue weighted by Crippen LogP contribution is 2.15. The van der Waals surface area contributed by atoms with Crippen molar-refractivity contribution in [2.45, 2.75) is 20.8 Å². The van der Waals surface area contributed by atoms with Crippen LogP contribution in [0.25, 0.3) is 0 Å². The van der Waals surface area contributed by atoms with Gasteiger partial charge in [-0.3, -0.25) is 9.63 Å². The molecular formula is C12H18N2O2. The van der Waals surface area contributed by atoms with E-state index in [1.165, 1.54) is 0 Å². The van der Waals surface area contributed by atoms with Gasteiger partial charge in [-0.1, -0.05) is 19.9 Å².